The van der Waals surface area contributed by atoms with Crippen LogP contribution in [-0.4, -0.2) is 42.3 Å². The summed E-state index contributed by atoms with van der Waals surface area (Å²) in [5.74, 6) is -3.18. The number of nitrogens with zero attached hydrogens (tertiary/aromatic N) is 4. The smallest absolute Gasteiger partial charge is 0.378 e. The summed E-state index contributed by atoms with van der Waals surface area (Å²) in [6.45, 7) is 3.25. The van der Waals surface area contributed by atoms with Gasteiger partial charge < -0.3 is 15.7 Å². The summed E-state index contributed by atoms with van der Waals surface area (Å²) in [4.78, 5) is 34.9. The van der Waals surface area contributed by atoms with Gasteiger partial charge in [-0.15, -0.1) is 0 Å². The molecular weight excluding hydrogens is 685 g/mol. The topological polar surface area (TPSA) is 122 Å². The number of aromatic nitrogens is 4. The van der Waals surface area contributed by atoms with Crippen LogP contribution in [0.1, 0.15) is 89.1 Å². The van der Waals surface area contributed by atoms with Gasteiger partial charge in [0.05, 0.1) is 11.7 Å². The Labute approximate surface area is 286 Å². The number of fused-ring (bicyclic) bond motifs is 2. The molecule has 0 spiro atoms. The van der Waals surface area contributed by atoms with Gasteiger partial charge in [0.1, 0.15) is 29.5 Å². The third-order valence-electron chi connectivity index (χ3n) is 8.38. The van der Waals surface area contributed by atoms with Crippen LogP contribution in [-0.2, 0) is 36.4 Å². The van der Waals surface area contributed by atoms with Crippen molar-refractivity contribution < 1.29 is 45.4 Å². The molecule has 9 nitrogen and oxygen atoms in total. The van der Waals surface area contributed by atoms with Crippen LogP contribution in [0.2, 0.25) is 0 Å². The second-order valence-electron chi connectivity index (χ2n) is 13.0. The minimum atomic E-state index is -5.08. The van der Waals surface area contributed by atoms with Crippen molar-refractivity contribution in [3.8, 4) is 23.0 Å². The summed E-state index contributed by atoms with van der Waals surface area (Å²) in [6, 6.07) is 6.18. The molecule has 2 aromatic carbocycles. The zero-order valence-corrected chi connectivity index (χ0v) is 27.2. The van der Waals surface area contributed by atoms with E-state index in [-0.39, 0.29) is 41.5 Å². The average Bonchev–Trinajstić information content (AvgIpc) is 3.66. The van der Waals surface area contributed by atoms with Crippen molar-refractivity contribution in [2.75, 3.05) is 0 Å². The third kappa shape index (κ3) is 7.43. The maximum Gasteiger partial charge on any atom is 0.435 e. The number of carbonyl (C=O) groups is 2. The van der Waals surface area contributed by atoms with E-state index in [0.29, 0.717) is 27.4 Å². The number of halogens is 7. The maximum absolute atomic E-state index is 15.0. The van der Waals surface area contributed by atoms with Crippen molar-refractivity contribution in [3.63, 3.8) is 0 Å². The van der Waals surface area contributed by atoms with Crippen molar-refractivity contribution in [2.24, 2.45) is 0 Å². The highest BCUT2D eigenvalue weighted by molar-refractivity contribution is 5.99. The van der Waals surface area contributed by atoms with Gasteiger partial charge in [0.25, 0.3) is 11.8 Å². The number of rotatable bonds is 7. The monoisotopic (exact) mass is 714 g/mol. The lowest BCUT2D eigenvalue weighted by Crippen LogP contribution is -2.35. The molecule has 6 rings (SSSR count). The largest absolute Gasteiger partial charge is 0.435 e. The van der Waals surface area contributed by atoms with E-state index in [1.165, 1.54) is 27.0 Å². The second kappa shape index (κ2) is 12.8. The zero-order valence-electron chi connectivity index (χ0n) is 27.2. The number of amides is 2. The molecule has 0 saturated heterocycles. The van der Waals surface area contributed by atoms with E-state index in [2.05, 4.69) is 37.5 Å². The molecule has 2 amide bonds. The first-order chi connectivity index (χ1) is 23.8. The Bertz CT molecular complexity index is 2110. The van der Waals surface area contributed by atoms with Crippen molar-refractivity contribution in [3.05, 3.63) is 99.4 Å². The number of alkyl halides is 5. The first-order valence-corrected chi connectivity index (χ1v) is 15.6. The second-order valence-corrected chi connectivity index (χ2v) is 13.0. The number of hydrogen-bond acceptors (Lipinski definition) is 6. The van der Waals surface area contributed by atoms with Gasteiger partial charge in [-0.1, -0.05) is 25.0 Å². The first kappa shape index (κ1) is 35.5. The van der Waals surface area contributed by atoms with E-state index in [4.69, 9.17) is 0 Å². The first-order valence-electron chi connectivity index (χ1n) is 15.6. The fraction of sp³-hybridized carbons (Fsp3) is 0.343. The molecule has 51 heavy (non-hydrogen) atoms. The average molecular weight is 715 g/mol. The summed E-state index contributed by atoms with van der Waals surface area (Å²) >= 11 is 0. The Morgan fingerprint density at radius 1 is 1.14 bits per heavy atom. The number of aliphatic hydroxyl groups is 1. The lowest BCUT2D eigenvalue weighted by atomic mass is 9.94. The molecular formula is C35H29F7N6O3. The summed E-state index contributed by atoms with van der Waals surface area (Å²) < 4.78 is 101. The van der Waals surface area contributed by atoms with Gasteiger partial charge in [0.2, 0.25) is 11.7 Å². The Hall–Kier alpha value is -5.30. The Morgan fingerprint density at radius 2 is 1.84 bits per heavy atom. The van der Waals surface area contributed by atoms with Crippen molar-refractivity contribution >= 4 is 11.8 Å². The van der Waals surface area contributed by atoms with Crippen LogP contribution in [0.3, 0.4) is 0 Å². The molecule has 2 aromatic heterocycles. The number of carbonyl (C=O) groups excluding carboxylic acids is 2. The standard InChI is InChI=1S/C35H29F7N6O3/c1-17-13-34(38,39)31-28(17)30(35(40,41)42)47-48(31)16-27(49)45-25(10-18-8-21(36)12-22(37)9-18)29-24(15-43-26(46-29)6-7-33(2,3)51)19-4-5-20-14-44-32(50)23(20)11-19/h4-5,8-9,11-12,15,17,25,51H,10,13-14,16H2,1-3H3,(H,44,50)(H,45,49)/t17-,25-/m0/s1. The molecule has 1 aliphatic carbocycles. The van der Waals surface area contributed by atoms with Crippen molar-refractivity contribution in [1.29, 1.82) is 0 Å². The molecule has 0 fully saturated rings. The van der Waals surface area contributed by atoms with Crippen LogP contribution in [0.15, 0.2) is 42.6 Å². The van der Waals surface area contributed by atoms with Crippen LogP contribution >= 0.6 is 0 Å². The van der Waals surface area contributed by atoms with Gasteiger partial charge in [0, 0.05) is 41.9 Å². The van der Waals surface area contributed by atoms with E-state index >= 15 is 8.78 Å². The predicted molar refractivity (Wildman–Crippen MR) is 167 cm³/mol. The van der Waals surface area contributed by atoms with Crippen molar-refractivity contribution in [2.45, 2.75) is 76.4 Å². The van der Waals surface area contributed by atoms with Gasteiger partial charge in [0.15, 0.2) is 5.69 Å². The van der Waals surface area contributed by atoms with Gasteiger partial charge in [-0.2, -0.15) is 27.1 Å². The molecule has 0 unspecified atom stereocenters. The molecule has 2 atom stereocenters. The van der Waals surface area contributed by atoms with Crippen LogP contribution < -0.4 is 10.6 Å². The van der Waals surface area contributed by atoms with Crippen LogP contribution in [0.4, 0.5) is 30.7 Å². The molecule has 1 aliphatic heterocycles. The predicted octanol–water partition coefficient (Wildman–Crippen LogP) is 5.70. The third-order valence-corrected chi connectivity index (χ3v) is 8.38. The fourth-order valence-electron chi connectivity index (χ4n) is 6.32. The zero-order chi connectivity index (χ0) is 37.0. The van der Waals surface area contributed by atoms with E-state index in [1.807, 2.05) is 0 Å². The summed E-state index contributed by atoms with van der Waals surface area (Å²) in [6.07, 6.45) is -5.01. The van der Waals surface area contributed by atoms with Gasteiger partial charge >= 0.3 is 6.18 Å². The van der Waals surface area contributed by atoms with E-state index in [9.17, 15) is 36.6 Å². The van der Waals surface area contributed by atoms with Crippen LogP contribution in [0, 0.1) is 23.5 Å². The number of nitrogens with one attached hydrogen (secondary N) is 2. The lowest BCUT2D eigenvalue weighted by molar-refractivity contribution is -0.142. The molecule has 16 heteroatoms. The van der Waals surface area contributed by atoms with Gasteiger partial charge in [-0.05, 0) is 67.0 Å². The minimum absolute atomic E-state index is 0.00190. The molecule has 4 aromatic rings. The highest BCUT2D eigenvalue weighted by Crippen LogP contribution is 2.52. The summed E-state index contributed by atoms with van der Waals surface area (Å²) in [5.41, 5.74) is -3.01. The number of benzene rings is 2. The van der Waals surface area contributed by atoms with Crippen molar-refractivity contribution in [1.82, 2.24) is 30.4 Å². The lowest BCUT2D eigenvalue weighted by Gasteiger charge is -2.22. The molecule has 266 valence electrons. The summed E-state index contributed by atoms with van der Waals surface area (Å²) in [7, 11) is 0. The quantitative estimate of drug-likeness (QED) is 0.167. The Morgan fingerprint density at radius 3 is 2.51 bits per heavy atom. The normalized spacial score (nSPS) is 16.9. The molecule has 0 bridgehead atoms. The van der Waals surface area contributed by atoms with Crippen LogP contribution in [0.25, 0.3) is 11.1 Å². The highest BCUT2D eigenvalue weighted by atomic mass is 19.4. The molecule has 0 saturated carbocycles. The van der Waals surface area contributed by atoms with Gasteiger partial charge in [-0.3, -0.25) is 14.3 Å². The molecule has 3 N–H and O–H groups in total. The minimum Gasteiger partial charge on any atom is -0.378 e. The molecule has 0 radical (unpaired) electrons. The Kier molecular flexibility index (Phi) is 8.91. The van der Waals surface area contributed by atoms with Crippen LogP contribution in [0.5, 0.6) is 0 Å². The SMILES string of the molecule is C[C@H]1CC(F)(F)c2c1c(C(F)(F)F)nn2CC(=O)N[C@@H](Cc1cc(F)cc(F)c1)c1nc(C#CC(C)(C)O)ncc1-c1ccc2c(c1)C(=O)NC2. The fourth-order valence-corrected chi connectivity index (χ4v) is 6.32. The molecule has 3 heterocycles. The Balaban J connectivity index is 1.46. The summed E-state index contributed by atoms with van der Waals surface area (Å²) in [5, 5.41) is 18.8. The van der Waals surface area contributed by atoms with E-state index < -0.39 is 77.1 Å². The molecule has 2 aliphatic rings. The van der Waals surface area contributed by atoms with E-state index in [1.54, 1.807) is 18.2 Å². The van der Waals surface area contributed by atoms with Gasteiger partial charge in [-0.25, -0.2) is 18.7 Å². The van der Waals surface area contributed by atoms with E-state index in [0.717, 1.165) is 12.1 Å². The number of hydrogen-bond donors (Lipinski definition) is 3. The maximum atomic E-state index is 15.0. The highest BCUT2D eigenvalue weighted by Gasteiger charge is 2.53.